The zero-order valence-electron chi connectivity index (χ0n) is 19.0. The van der Waals surface area contributed by atoms with E-state index in [1.807, 2.05) is 12.1 Å². The number of methoxy groups -OCH3 is 1. The molecule has 1 fully saturated rings. The van der Waals surface area contributed by atoms with Gasteiger partial charge in [0.25, 0.3) is 0 Å². The second-order valence-electron chi connectivity index (χ2n) is 8.57. The Morgan fingerprint density at radius 3 is 2.85 bits per heavy atom. The highest BCUT2D eigenvalue weighted by molar-refractivity contribution is 6.04. The number of ketones is 1. The van der Waals surface area contributed by atoms with Gasteiger partial charge < -0.3 is 29.7 Å². The van der Waals surface area contributed by atoms with Gasteiger partial charge in [0.15, 0.2) is 17.3 Å². The lowest BCUT2D eigenvalue weighted by molar-refractivity contribution is -0.113. The zero-order valence-corrected chi connectivity index (χ0v) is 19.0. The van der Waals surface area contributed by atoms with E-state index in [4.69, 9.17) is 14.2 Å². The van der Waals surface area contributed by atoms with E-state index in [0.717, 1.165) is 67.9 Å². The second kappa shape index (κ2) is 9.80. The molecule has 2 N–H and O–H groups in total. The van der Waals surface area contributed by atoms with Gasteiger partial charge in [-0.05, 0) is 31.5 Å². The number of nitrogens with one attached hydrogen (secondary N) is 2. The molecule has 0 spiro atoms. The van der Waals surface area contributed by atoms with Gasteiger partial charge >= 0.3 is 0 Å². The Morgan fingerprint density at radius 2 is 2.00 bits per heavy atom. The number of ether oxygens (including phenoxy) is 3. The fraction of sp³-hybridized carbons (Fsp3) is 0.440. The van der Waals surface area contributed by atoms with Crippen molar-refractivity contribution in [1.29, 1.82) is 0 Å². The normalized spacial score (nSPS) is 17.5. The number of aromatic nitrogens is 1. The number of carbonyl (C=O) groups is 1. The van der Waals surface area contributed by atoms with Gasteiger partial charge in [0, 0.05) is 67.8 Å². The smallest absolute Gasteiger partial charge is 0.204 e. The molecule has 0 radical (unpaired) electrons. The van der Waals surface area contributed by atoms with Crippen LogP contribution in [0.2, 0.25) is 0 Å². The van der Waals surface area contributed by atoms with Crippen LogP contribution in [0.4, 0.5) is 5.69 Å². The van der Waals surface area contributed by atoms with E-state index in [9.17, 15) is 4.79 Å². The molecule has 174 valence electrons. The molecule has 8 nitrogen and oxygen atoms in total. The molecule has 0 aliphatic carbocycles. The number of hydrogen-bond donors (Lipinski definition) is 2. The Morgan fingerprint density at radius 1 is 1.15 bits per heavy atom. The number of unbranched alkanes of at least 4 members (excludes halogenated alkanes) is 1. The molecule has 33 heavy (non-hydrogen) atoms. The SMILES string of the molecule is COc1ccc2c(c1OCCCCN1CCNCC1)OCc1cncc3c1NC2=CC(=O)C3. The summed E-state index contributed by atoms with van der Waals surface area (Å²) in [5, 5.41) is 6.84. The lowest BCUT2D eigenvalue weighted by Crippen LogP contribution is -2.43. The molecule has 1 saturated heterocycles. The van der Waals surface area contributed by atoms with Crippen LogP contribution in [0.5, 0.6) is 17.2 Å². The van der Waals surface area contributed by atoms with Crippen LogP contribution in [0.3, 0.4) is 0 Å². The quantitative estimate of drug-likeness (QED) is 0.623. The number of carbonyl (C=O) groups excluding carboxylic acids is 1. The lowest BCUT2D eigenvalue weighted by Gasteiger charge is -2.27. The van der Waals surface area contributed by atoms with Crippen LogP contribution in [-0.4, -0.2) is 62.1 Å². The van der Waals surface area contributed by atoms with Crippen molar-refractivity contribution >= 4 is 17.2 Å². The van der Waals surface area contributed by atoms with E-state index in [1.165, 1.54) is 0 Å². The van der Waals surface area contributed by atoms with E-state index < -0.39 is 0 Å². The van der Waals surface area contributed by atoms with Crippen molar-refractivity contribution in [2.24, 2.45) is 0 Å². The Balaban J connectivity index is 1.37. The largest absolute Gasteiger partial charge is 0.493 e. The molecule has 0 atom stereocenters. The Labute approximate surface area is 193 Å². The number of piperazine rings is 1. The van der Waals surface area contributed by atoms with Crippen molar-refractivity contribution in [2.75, 3.05) is 51.8 Å². The van der Waals surface area contributed by atoms with Gasteiger partial charge in [0.1, 0.15) is 6.61 Å². The predicted molar refractivity (Wildman–Crippen MR) is 126 cm³/mol. The Bertz CT molecular complexity index is 1060. The molecule has 3 aliphatic rings. The Kier molecular flexibility index (Phi) is 6.46. The first-order valence-corrected chi connectivity index (χ1v) is 11.6. The molecule has 2 aromatic rings. The molecule has 0 saturated carbocycles. The summed E-state index contributed by atoms with van der Waals surface area (Å²) in [7, 11) is 1.63. The first-order chi connectivity index (χ1) is 16.2. The first-order valence-electron chi connectivity index (χ1n) is 11.6. The molecule has 0 unspecified atom stereocenters. The number of hydrogen-bond acceptors (Lipinski definition) is 8. The highest BCUT2D eigenvalue weighted by Crippen LogP contribution is 2.45. The van der Waals surface area contributed by atoms with Gasteiger partial charge in [-0.15, -0.1) is 0 Å². The number of pyridine rings is 1. The van der Waals surface area contributed by atoms with Gasteiger partial charge in [-0.1, -0.05) is 0 Å². The molecular weight excluding hydrogens is 420 g/mol. The third kappa shape index (κ3) is 4.67. The first kappa shape index (κ1) is 21.7. The van der Waals surface area contributed by atoms with Crippen molar-refractivity contribution in [2.45, 2.75) is 25.9 Å². The molecule has 1 aromatic carbocycles. The maximum absolute atomic E-state index is 12.6. The number of fused-ring (bicyclic) bond motifs is 3. The van der Waals surface area contributed by atoms with Gasteiger partial charge in [0.2, 0.25) is 5.75 Å². The third-order valence-electron chi connectivity index (χ3n) is 6.32. The maximum atomic E-state index is 12.6. The average Bonchev–Trinajstić information content (AvgIpc) is 3.00. The molecule has 5 rings (SSSR count). The number of benzene rings is 1. The number of nitrogens with zero attached hydrogens (tertiary/aromatic N) is 2. The van der Waals surface area contributed by atoms with Crippen LogP contribution in [0, 0.1) is 0 Å². The molecule has 8 heteroatoms. The van der Waals surface area contributed by atoms with Crippen LogP contribution in [0.25, 0.3) is 5.70 Å². The van der Waals surface area contributed by atoms with Crippen molar-refractivity contribution in [1.82, 2.24) is 15.2 Å². The highest BCUT2D eigenvalue weighted by atomic mass is 16.5. The monoisotopic (exact) mass is 450 g/mol. The van der Waals surface area contributed by atoms with Crippen LogP contribution in [0.15, 0.2) is 30.6 Å². The Hall–Kier alpha value is -3.10. The number of rotatable bonds is 7. The number of anilines is 1. The van der Waals surface area contributed by atoms with Crippen molar-refractivity contribution in [3.05, 3.63) is 47.3 Å². The summed E-state index contributed by atoms with van der Waals surface area (Å²) in [5.41, 5.74) is 4.18. The minimum absolute atomic E-state index is 0.0225. The summed E-state index contributed by atoms with van der Waals surface area (Å²) in [6.45, 7) is 6.30. The molecule has 3 aliphatic heterocycles. The fourth-order valence-electron chi connectivity index (χ4n) is 4.57. The summed E-state index contributed by atoms with van der Waals surface area (Å²) in [6.07, 6.45) is 7.48. The van der Waals surface area contributed by atoms with E-state index in [1.54, 1.807) is 25.6 Å². The average molecular weight is 451 g/mol. The molecule has 2 bridgehead atoms. The molecule has 1 aromatic heterocycles. The predicted octanol–water partition coefficient (Wildman–Crippen LogP) is 2.62. The van der Waals surface area contributed by atoms with Crippen LogP contribution in [-0.2, 0) is 17.8 Å². The van der Waals surface area contributed by atoms with Crippen LogP contribution < -0.4 is 24.8 Å². The van der Waals surface area contributed by atoms with E-state index in [-0.39, 0.29) is 5.78 Å². The minimum Gasteiger partial charge on any atom is -0.493 e. The zero-order chi connectivity index (χ0) is 22.6. The summed E-state index contributed by atoms with van der Waals surface area (Å²) in [4.78, 5) is 19.4. The van der Waals surface area contributed by atoms with Crippen LogP contribution >= 0.6 is 0 Å². The van der Waals surface area contributed by atoms with E-state index in [2.05, 4.69) is 20.5 Å². The van der Waals surface area contributed by atoms with E-state index in [0.29, 0.717) is 42.6 Å². The van der Waals surface area contributed by atoms with Gasteiger partial charge in [0.05, 0.1) is 25.1 Å². The van der Waals surface area contributed by atoms with Gasteiger partial charge in [-0.25, -0.2) is 0 Å². The molecular formula is C25H30N4O4. The second-order valence-corrected chi connectivity index (χ2v) is 8.57. The third-order valence-corrected chi connectivity index (χ3v) is 6.32. The summed E-state index contributed by atoms with van der Waals surface area (Å²) in [5.74, 6) is 1.79. The summed E-state index contributed by atoms with van der Waals surface area (Å²) >= 11 is 0. The summed E-state index contributed by atoms with van der Waals surface area (Å²) < 4.78 is 18.1. The van der Waals surface area contributed by atoms with Gasteiger partial charge in [-0.2, -0.15) is 0 Å². The molecule has 0 amide bonds. The standard InChI is InChI=1S/C25H30N4O4/c1-31-22-5-4-20-21-13-19(30)12-17-14-27-15-18(23(17)28-21)16-33-24(20)25(22)32-11-3-2-8-29-9-6-26-7-10-29/h4-5,13-15,26,28H,2-3,6-12,16H2,1H3. The fourth-order valence-corrected chi connectivity index (χ4v) is 4.57. The van der Waals surface area contributed by atoms with Crippen molar-refractivity contribution in [3.8, 4) is 17.2 Å². The summed E-state index contributed by atoms with van der Waals surface area (Å²) in [6, 6.07) is 3.78. The highest BCUT2D eigenvalue weighted by Gasteiger charge is 2.27. The van der Waals surface area contributed by atoms with Gasteiger partial charge in [-0.3, -0.25) is 9.78 Å². The van der Waals surface area contributed by atoms with Crippen molar-refractivity contribution < 1.29 is 19.0 Å². The van der Waals surface area contributed by atoms with Crippen LogP contribution in [0.1, 0.15) is 29.5 Å². The lowest BCUT2D eigenvalue weighted by atomic mass is 10.1. The molecule has 4 heterocycles. The van der Waals surface area contributed by atoms with Crippen molar-refractivity contribution in [3.63, 3.8) is 0 Å². The minimum atomic E-state index is 0.0225. The number of allylic oxidation sites excluding steroid dienone is 1. The maximum Gasteiger partial charge on any atom is 0.204 e. The van der Waals surface area contributed by atoms with E-state index >= 15 is 0 Å². The topological polar surface area (TPSA) is 85.0 Å².